The molecule has 1 N–H and O–H groups in total. The lowest BCUT2D eigenvalue weighted by atomic mass is 10.1. The predicted octanol–water partition coefficient (Wildman–Crippen LogP) is 2.18. The second-order valence-electron chi connectivity index (χ2n) is 5.51. The van der Waals surface area contributed by atoms with Gasteiger partial charge in [-0.15, -0.1) is 0 Å². The summed E-state index contributed by atoms with van der Waals surface area (Å²) in [6.45, 7) is 6.80. The lowest BCUT2D eigenvalue weighted by Gasteiger charge is -2.30. The fraction of sp³-hybridized carbons (Fsp3) is 0.412. The van der Waals surface area contributed by atoms with E-state index in [1.54, 1.807) is 0 Å². The van der Waals surface area contributed by atoms with Crippen molar-refractivity contribution in [1.82, 2.24) is 10.2 Å². The van der Waals surface area contributed by atoms with Gasteiger partial charge in [-0.3, -0.25) is 4.90 Å². The van der Waals surface area contributed by atoms with Gasteiger partial charge in [0.1, 0.15) is 0 Å². The van der Waals surface area contributed by atoms with Crippen LogP contribution in [-0.2, 0) is 0 Å². The first-order chi connectivity index (χ1) is 9.84. The van der Waals surface area contributed by atoms with Gasteiger partial charge in [-0.25, -0.2) is 0 Å². The van der Waals surface area contributed by atoms with Crippen molar-refractivity contribution < 1.29 is 0 Å². The monoisotopic (exact) mass is 269 g/mol. The number of likely N-dealkylation sites (N-methyl/N-ethyl adjacent to an activating group) is 1. The van der Waals surface area contributed by atoms with E-state index in [2.05, 4.69) is 64.6 Å². The number of rotatable bonds is 4. The topological polar surface area (TPSA) is 18.5 Å². The van der Waals surface area contributed by atoms with Crippen LogP contribution in [0.15, 0.2) is 42.5 Å². The van der Waals surface area contributed by atoms with Gasteiger partial charge in [0.25, 0.3) is 0 Å². The minimum atomic E-state index is 1.08. The zero-order valence-corrected chi connectivity index (χ0v) is 12.2. The summed E-state index contributed by atoms with van der Waals surface area (Å²) >= 11 is 0. The Balaban J connectivity index is 1.70. The SMILES string of the molecule is CN(CCN1CCNCC1)c1cccc2ccccc12. The number of nitrogens with one attached hydrogen (secondary N) is 1. The average molecular weight is 269 g/mol. The lowest BCUT2D eigenvalue weighted by Crippen LogP contribution is -2.46. The van der Waals surface area contributed by atoms with E-state index in [1.165, 1.54) is 29.5 Å². The molecule has 0 saturated carbocycles. The fourth-order valence-corrected chi connectivity index (χ4v) is 2.89. The van der Waals surface area contributed by atoms with Gasteiger partial charge in [0.2, 0.25) is 0 Å². The number of benzene rings is 2. The van der Waals surface area contributed by atoms with Gasteiger partial charge in [0, 0.05) is 57.4 Å². The molecule has 0 amide bonds. The van der Waals surface area contributed by atoms with Crippen molar-refractivity contribution in [3.05, 3.63) is 42.5 Å². The molecule has 0 radical (unpaired) electrons. The van der Waals surface area contributed by atoms with Gasteiger partial charge < -0.3 is 10.2 Å². The zero-order chi connectivity index (χ0) is 13.8. The highest BCUT2D eigenvalue weighted by Crippen LogP contribution is 2.25. The summed E-state index contributed by atoms with van der Waals surface area (Å²) < 4.78 is 0. The van der Waals surface area contributed by atoms with Crippen LogP contribution in [0.1, 0.15) is 0 Å². The van der Waals surface area contributed by atoms with E-state index in [4.69, 9.17) is 0 Å². The van der Waals surface area contributed by atoms with Crippen molar-refractivity contribution in [3.8, 4) is 0 Å². The van der Waals surface area contributed by atoms with Crippen LogP contribution in [0.25, 0.3) is 10.8 Å². The second kappa shape index (κ2) is 6.25. The maximum absolute atomic E-state index is 3.40. The van der Waals surface area contributed by atoms with E-state index >= 15 is 0 Å². The summed E-state index contributed by atoms with van der Waals surface area (Å²) in [5.74, 6) is 0. The molecule has 0 atom stereocenters. The Kier molecular flexibility index (Phi) is 4.19. The molecule has 3 heteroatoms. The molecule has 1 aliphatic rings. The number of anilines is 1. The van der Waals surface area contributed by atoms with E-state index in [9.17, 15) is 0 Å². The molecular formula is C17H23N3. The Morgan fingerprint density at radius 1 is 1.05 bits per heavy atom. The van der Waals surface area contributed by atoms with Crippen LogP contribution in [-0.4, -0.2) is 51.2 Å². The molecule has 1 saturated heterocycles. The smallest absolute Gasteiger partial charge is 0.0443 e. The summed E-state index contributed by atoms with van der Waals surface area (Å²) in [6, 6.07) is 15.2. The first-order valence-electron chi connectivity index (χ1n) is 7.46. The van der Waals surface area contributed by atoms with E-state index < -0.39 is 0 Å². The van der Waals surface area contributed by atoms with E-state index in [0.29, 0.717) is 0 Å². The van der Waals surface area contributed by atoms with Gasteiger partial charge in [0.15, 0.2) is 0 Å². The van der Waals surface area contributed by atoms with Crippen molar-refractivity contribution in [3.63, 3.8) is 0 Å². The molecule has 2 aromatic carbocycles. The molecule has 2 aromatic rings. The van der Waals surface area contributed by atoms with E-state index in [-0.39, 0.29) is 0 Å². The maximum Gasteiger partial charge on any atom is 0.0443 e. The fourth-order valence-electron chi connectivity index (χ4n) is 2.89. The summed E-state index contributed by atoms with van der Waals surface area (Å²) in [5.41, 5.74) is 1.33. The van der Waals surface area contributed by atoms with Crippen LogP contribution in [0.5, 0.6) is 0 Å². The van der Waals surface area contributed by atoms with Crippen LogP contribution in [0.4, 0.5) is 5.69 Å². The van der Waals surface area contributed by atoms with Gasteiger partial charge in [0.05, 0.1) is 0 Å². The summed E-state index contributed by atoms with van der Waals surface area (Å²) in [7, 11) is 2.20. The van der Waals surface area contributed by atoms with Crippen molar-refractivity contribution in [2.45, 2.75) is 0 Å². The van der Waals surface area contributed by atoms with Crippen molar-refractivity contribution in [2.24, 2.45) is 0 Å². The molecule has 0 unspecified atom stereocenters. The molecule has 0 spiro atoms. The Morgan fingerprint density at radius 3 is 2.65 bits per heavy atom. The Morgan fingerprint density at radius 2 is 1.80 bits per heavy atom. The summed E-state index contributed by atoms with van der Waals surface area (Å²) in [6.07, 6.45) is 0. The minimum absolute atomic E-state index is 1.08. The number of piperazine rings is 1. The molecule has 1 heterocycles. The van der Waals surface area contributed by atoms with Gasteiger partial charge in [-0.1, -0.05) is 36.4 Å². The highest BCUT2D eigenvalue weighted by molar-refractivity contribution is 5.94. The number of hydrogen-bond acceptors (Lipinski definition) is 3. The van der Waals surface area contributed by atoms with Crippen LogP contribution in [0.3, 0.4) is 0 Å². The molecule has 0 aromatic heterocycles. The number of nitrogens with zero attached hydrogens (tertiary/aromatic N) is 2. The third-order valence-electron chi connectivity index (χ3n) is 4.14. The van der Waals surface area contributed by atoms with E-state index in [1.807, 2.05) is 0 Å². The first-order valence-corrected chi connectivity index (χ1v) is 7.46. The van der Waals surface area contributed by atoms with Gasteiger partial charge >= 0.3 is 0 Å². The normalized spacial score (nSPS) is 16.4. The minimum Gasteiger partial charge on any atom is -0.373 e. The molecule has 20 heavy (non-hydrogen) atoms. The Hall–Kier alpha value is -1.58. The quantitative estimate of drug-likeness (QED) is 0.918. The standard InChI is InChI=1S/C17H23N3/c1-19(13-14-20-11-9-18-10-12-20)17-8-4-6-15-5-2-3-7-16(15)17/h2-8,18H,9-14H2,1H3. The lowest BCUT2D eigenvalue weighted by molar-refractivity contribution is 0.246. The average Bonchev–Trinajstić information content (AvgIpc) is 2.53. The van der Waals surface area contributed by atoms with E-state index in [0.717, 1.165) is 26.2 Å². The molecule has 106 valence electrons. The highest BCUT2D eigenvalue weighted by atomic mass is 15.2. The third-order valence-corrected chi connectivity index (χ3v) is 4.14. The summed E-state index contributed by atoms with van der Waals surface area (Å²) in [5, 5.41) is 6.07. The van der Waals surface area contributed by atoms with Crippen molar-refractivity contribution in [2.75, 3.05) is 51.2 Å². The zero-order valence-electron chi connectivity index (χ0n) is 12.2. The molecule has 0 aliphatic carbocycles. The molecule has 3 nitrogen and oxygen atoms in total. The predicted molar refractivity (Wildman–Crippen MR) is 86.5 cm³/mol. The van der Waals surface area contributed by atoms with Gasteiger partial charge in [-0.05, 0) is 11.5 Å². The van der Waals surface area contributed by atoms with Gasteiger partial charge in [-0.2, -0.15) is 0 Å². The Labute approximate surface area is 121 Å². The summed E-state index contributed by atoms with van der Waals surface area (Å²) in [4.78, 5) is 4.92. The molecule has 1 aliphatic heterocycles. The van der Waals surface area contributed by atoms with Crippen LogP contribution in [0, 0.1) is 0 Å². The molecule has 1 fully saturated rings. The Bertz CT molecular complexity index is 556. The first kappa shape index (κ1) is 13.4. The third kappa shape index (κ3) is 2.94. The van der Waals surface area contributed by atoms with Crippen LogP contribution >= 0.6 is 0 Å². The highest BCUT2D eigenvalue weighted by Gasteiger charge is 2.11. The molecule has 0 bridgehead atoms. The second-order valence-corrected chi connectivity index (χ2v) is 5.51. The van der Waals surface area contributed by atoms with Crippen LogP contribution in [0.2, 0.25) is 0 Å². The largest absolute Gasteiger partial charge is 0.373 e. The van der Waals surface area contributed by atoms with Crippen molar-refractivity contribution >= 4 is 16.5 Å². The number of fused-ring (bicyclic) bond motifs is 1. The number of hydrogen-bond donors (Lipinski definition) is 1. The van der Waals surface area contributed by atoms with Crippen molar-refractivity contribution in [1.29, 1.82) is 0 Å². The molecule has 3 rings (SSSR count). The van der Waals surface area contributed by atoms with Crippen LogP contribution < -0.4 is 10.2 Å². The molecular weight excluding hydrogens is 246 g/mol. The maximum atomic E-state index is 3.40.